The zero-order chi connectivity index (χ0) is 14.0. The molecule has 18 heavy (non-hydrogen) atoms. The molecule has 1 fully saturated rings. The zero-order valence-corrected chi connectivity index (χ0v) is 10.9. The Morgan fingerprint density at radius 2 is 1.94 bits per heavy atom. The summed E-state index contributed by atoms with van der Waals surface area (Å²) in [5.74, 6) is 0. The number of hydrogen-bond donors (Lipinski definition) is 2. The minimum atomic E-state index is -4.30. The number of halogens is 3. The van der Waals surface area contributed by atoms with Crippen LogP contribution in [-0.4, -0.2) is 37.1 Å². The summed E-state index contributed by atoms with van der Waals surface area (Å²) in [4.78, 5) is 0. The van der Waals surface area contributed by atoms with Crippen LogP contribution in [0.25, 0.3) is 0 Å². The molecule has 1 rings (SSSR count). The summed E-state index contributed by atoms with van der Waals surface area (Å²) in [6.45, 7) is 2.90. The second-order valence-corrected chi connectivity index (χ2v) is 5.88. The van der Waals surface area contributed by atoms with Crippen LogP contribution in [0.5, 0.6) is 0 Å². The minimum absolute atomic E-state index is 0.0240. The molecule has 3 nitrogen and oxygen atoms in total. The quantitative estimate of drug-likeness (QED) is 0.751. The first kappa shape index (κ1) is 15.7. The van der Waals surface area contributed by atoms with E-state index in [1.54, 1.807) is 0 Å². The van der Waals surface area contributed by atoms with Crippen molar-refractivity contribution in [3.05, 3.63) is 0 Å². The zero-order valence-electron chi connectivity index (χ0n) is 10.9. The van der Waals surface area contributed by atoms with Crippen molar-refractivity contribution in [1.29, 1.82) is 0 Å². The lowest BCUT2D eigenvalue weighted by Crippen LogP contribution is -2.43. The van der Waals surface area contributed by atoms with E-state index in [4.69, 9.17) is 5.73 Å². The molecule has 1 aliphatic rings. The second-order valence-electron chi connectivity index (χ2n) is 5.88. The maximum absolute atomic E-state index is 11.9. The van der Waals surface area contributed by atoms with E-state index in [0.29, 0.717) is 6.42 Å². The van der Waals surface area contributed by atoms with Crippen LogP contribution in [0.2, 0.25) is 0 Å². The van der Waals surface area contributed by atoms with Crippen molar-refractivity contribution < 1.29 is 23.0 Å². The Kier molecular flexibility index (Phi) is 4.67. The van der Waals surface area contributed by atoms with Gasteiger partial charge in [0.05, 0.1) is 6.10 Å². The highest BCUT2D eigenvalue weighted by molar-refractivity contribution is 5.01. The van der Waals surface area contributed by atoms with E-state index in [2.05, 4.69) is 4.74 Å². The van der Waals surface area contributed by atoms with Gasteiger partial charge in [-0.3, -0.25) is 0 Å². The first-order valence-electron chi connectivity index (χ1n) is 6.16. The molecule has 0 aliphatic heterocycles. The molecule has 108 valence electrons. The van der Waals surface area contributed by atoms with Gasteiger partial charge in [0, 0.05) is 18.6 Å². The third kappa shape index (κ3) is 3.59. The van der Waals surface area contributed by atoms with Crippen molar-refractivity contribution in [1.82, 2.24) is 0 Å². The molecule has 0 radical (unpaired) electrons. The summed E-state index contributed by atoms with van der Waals surface area (Å²) >= 11 is 0. The molecule has 0 spiro atoms. The van der Waals surface area contributed by atoms with E-state index in [-0.39, 0.29) is 18.6 Å². The number of nitrogens with two attached hydrogens (primary N) is 1. The summed E-state index contributed by atoms with van der Waals surface area (Å²) in [6.07, 6.45) is -2.98. The van der Waals surface area contributed by atoms with Gasteiger partial charge in [0.25, 0.3) is 0 Å². The fraction of sp³-hybridized carbons (Fsp3) is 1.00. The van der Waals surface area contributed by atoms with Crippen molar-refractivity contribution in [2.75, 3.05) is 19.8 Å². The van der Waals surface area contributed by atoms with Gasteiger partial charge >= 0.3 is 6.18 Å². The van der Waals surface area contributed by atoms with E-state index in [1.165, 1.54) is 0 Å². The van der Waals surface area contributed by atoms with Crippen LogP contribution in [0, 0.1) is 10.8 Å². The van der Waals surface area contributed by atoms with Crippen LogP contribution in [0.4, 0.5) is 13.2 Å². The molecule has 1 aliphatic carbocycles. The van der Waals surface area contributed by atoms with Gasteiger partial charge in [-0.1, -0.05) is 13.8 Å². The van der Waals surface area contributed by atoms with E-state index >= 15 is 0 Å². The molecular weight excluding hydrogens is 247 g/mol. The summed E-state index contributed by atoms with van der Waals surface area (Å²) < 4.78 is 40.4. The van der Waals surface area contributed by atoms with E-state index in [1.807, 2.05) is 13.8 Å². The molecule has 0 bridgehead atoms. The molecule has 0 heterocycles. The van der Waals surface area contributed by atoms with Gasteiger partial charge in [0.15, 0.2) is 0 Å². The topological polar surface area (TPSA) is 55.5 Å². The lowest BCUT2D eigenvalue weighted by molar-refractivity contribution is -0.176. The van der Waals surface area contributed by atoms with Crippen LogP contribution >= 0.6 is 0 Å². The Morgan fingerprint density at radius 1 is 1.33 bits per heavy atom. The normalized spacial score (nSPS) is 31.8. The number of ether oxygens (including phenoxy) is 1. The number of alkyl halides is 3. The fourth-order valence-corrected chi connectivity index (χ4v) is 2.71. The minimum Gasteiger partial charge on any atom is -0.392 e. The van der Waals surface area contributed by atoms with E-state index in [9.17, 15) is 18.3 Å². The van der Waals surface area contributed by atoms with Gasteiger partial charge in [0.1, 0.15) is 6.61 Å². The average Bonchev–Trinajstić information content (AvgIpc) is 2.48. The Bertz CT molecular complexity index is 281. The van der Waals surface area contributed by atoms with Crippen molar-refractivity contribution in [2.45, 2.75) is 45.4 Å². The molecular formula is C12H22F3NO2. The van der Waals surface area contributed by atoms with Crippen molar-refractivity contribution in [3.8, 4) is 0 Å². The maximum atomic E-state index is 11.9. The SMILES string of the molecule is CC1(C)CCC(CN)(CCOCC(F)(F)F)C1O. The average molecular weight is 269 g/mol. The van der Waals surface area contributed by atoms with Crippen LogP contribution < -0.4 is 5.73 Å². The lowest BCUT2D eigenvalue weighted by atomic mass is 9.76. The smallest absolute Gasteiger partial charge is 0.392 e. The van der Waals surface area contributed by atoms with Gasteiger partial charge in [-0.2, -0.15) is 13.2 Å². The monoisotopic (exact) mass is 269 g/mol. The van der Waals surface area contributed by atoms with Crippen molar-refractivity contribution in [2.24, 2.45) is 16.6 Å². The molecule has 0 aromatic carbocycles. The van der Waals surface area contributed by atoms with Gasteiger partial charge < -0.3 is 15.6 Å². The molecule has 0 aromatic rings. The number of rotatable bonds is 5. The molecule has 1 saturated carbocycles. The summed E-state index contributed by atoms with van der Waals surface area (Å²) in [5.41, 5.74) is 4.97. The molecule has 0 aromatic heterocycles. The van der Waals surface area contributed by atoms with Gasteiger partial charge in [-0.15, -0.1) is 0 Å². The Balaban J connectivity index is 2.48. The molecule has 2 unspecified atom stereocenters. The van der Waals surface area contributed by atoms with Gasteiger partial charge in [-0.05, 0) is 24.7 Å². The fourth-order valence-electron chi connectivity index (χ4n) is 2.71. The lowest BCUT2D eigenvalue weighted by Gasteiger charge is -2.35. The Labute approximate surface area is 105 Å². The molecule has 3 N–H and O–H groups in total. The van der Waals surface area contributed by atoms with Crippen LogP contribution in [0.1, 0.15) is 33.1 Å². The van der Waals surface area contributed by atoms with Gasteiger partial charge in [-0.25, -0.2) is 0 Å². The summed E-state index contributed by atoms with van der Waals surface area (Å²) in [6, 6.07) is 0. The maximum Gasteiger partial charge on any atom is 0.411 e. The third-order valence-electron chi connectivity index (χ3n) is 4.00. The number of aliphatic hydroxyl groups is 1. The summed E-state index contributed by atoms with van der Waals surface area (Å²) in [7, 11) is 0. The molecule has 0 saturated heterocycles. The highest BCUT2D eigenvalue weighted by atomic mass is 19.4. The van der Waals surface area contributed by atoms with Crippen LogP contribution in [0.15, 0.2) is 0 Å². The highest BCUT2D eigenvalue weighted by Gasteiger charge is 2.50. The largest absolute Gasteiger partial charge is 0.411 e. The Hall–Kier alpha value is -0.330. The number of hydrogen-bond acceptors (Lipinski definition) is 3. The highest BCUT2D eigenvalue weighted by Crippen LogP contribution is 2.50. The first-order valence-corrected chi connectivity index (χ1v) is 6.16. The molecule has 0 amide bonds. The van der Waals surface area contributed by atoms with Crippen molar-refractivity contribution in [3.63, 3.8) is 0 Å². The third-order valence-corrected chi connectivity index (χ3v) is 4.00. The van der Waals surface area contributed by atoms with Crippen molar-refractivity contribution >= 4 is 0 Å². The second kappa shape index (κ2) is 5.35. The Morgan fingerprint density at radius 3 is 2.33 bits per heavy atom. The summed E-state index contributed by atoms with van der Waals surface area (Å²) in [5, 5.41) is 10.3. The predicted octanol–water partition coefficient (Wildman–Crippen LogP) is 2.08. The van der Waals surface area contributed by atoms with Crippen LogP contribution in [-0.2, 0) is 4.74 Å². The number of aliphatic hydroxyl groups excluding tert-OH is 1. The predicted molar refractivity (Wildman–Crippen MR) is 62.0 cm³/mol. The van der Waals surface area contributed by atoms with E-state index in [0.717, 1.165) is 12.8 Å². The first-order chi connectivity index (χ1) is 8.13. The van der Waals surface area contributed by atoms with E-state index < -0.39 is 24.3 Å². The standard InChI is InChI=1S/C12H22F3NO2/c1-10(2)3-4-11(7-16,9(10)17)5-6-18-8-12(13,14)15/h9,17H,3-8,16H2,1-2H3. The van der Waals surface area contributed by atoms with Crippen LogP contribution in [0.3, 0.4) is 0 Å². The van der Waals surface area contributed by atoms with Gasteiger partial charge in [0.2, 0.25) is 0 Å². The molecule has 6 heteroatoms. The molecule has 2 atom stereocenters.